The van der Waals surface area contributed by atoms with Crippen molar-refractivity contribution in [2.75, 3.05) is 0 Å². The first-order chi connectivity index (χ1) is 12.2. The predicted molar refractivity (Wildman–Crippen MR) is 92.4 cm³/mol. The second kappa shape index (κ2) is 7.85. The smallest absolute Gasteiger partial charge is 0.310 e. The monoisotopic (exact) mass is 366 g/mol. The van der Waals surface area contributed by atoms with E-state index in [4.69, 9.17) is 0 Å². The summed E-state index contributed by atoms with van der Waals surface area (Å²) in [5, 5.41) is 0. The molecule has 1 aromatic heterocycles. The molecule has 140 valence electrons. The van der Waals surface area contributed by atoms with E-state index in [1.54, 1.807) is 13.8 Å². The highest BCUT2D eigenvalue weighted by Gasteiger charge is 2.30. The van der Waals surface area contributed by atoms with Crippen LogP contribution in [-0.2, 0) is 19.0 Å². The van der Waals surface area contributed by atoms with Crippen LogP contribution in [0.2, 0.25) is 0 Å². The van der Waals surface area contributed by atoms with Gasteiger partial charge in [-0.15, -0.1) is 0 Å². The molecule has 0 saturated carbocycles. The molecule has 0 saturated heterocycles. The summed E-state index contributed by atoms with van der Waals surface area (Å²) in [6, 6.07) is 4.78. The van der Waals surface area contributed by atoms with Crippen molar-refractivity contribution < 1.29 is 18.0 Å². The summed E-state index contributed by atoms with van der Waals surface area (Å²) in [7, 11) is 0. The lowest BCUT2D eigenvalue weighted by Crippen LogP contribution is -2.23. The first kappa shape index (κ1) is 19.9. The number of benzene rings is 1. The Morgan fingerprint density at radius 2 is 1.77 bits per heavy atom. The molecule has 0 bridgehead atoms. The largest absolute Gasteiger partial charge is 0.416 e. The molecule has 7 heteroatoms. The predicted octanol–water partition coefficient (Wildman–Crippen LogP) is 4.29. The van der Waals surface area contributed by atoms with Gasteiger partial charge in [0.25, 0.3) is 5.56 Å². The number of hydrogen-bond donors (Lipinski definition) is 1. The van der Waals surface area contributed by atoms with Crippen molar-refractivity contribution >= 4 is 5.78 Å². The lowest BCUT2D eigenvalue weighted by Gasteiger charge is -2.14. The average Bonchev–Trinajstić information content (AvgIpc) is 2.60. The van der Waals surface area contributed by atoms with Crippen molar-refractivity contribution in [3.05, 3.63) is 62.8 Å². The van der Waals surface area contributed by atoms with E-state index in [1.807, 2.05) is 6.92 Å². The number of ketones is 1. The third kappa shape index (κ3) is 4.39. The van der Waals surface area contributed by atoms with Crippen LogP contribution in [-0.4, -0.2) is 15.8 Å². The van der Waals surface area contributed by atoms with Crippen LogP contribution in [0, 0.1) is 0 Å². The number of rotatable bonds is 6. The van der Waals surface area contributed by atoms with Crippen molar-refractivity contribution in [3.8, 4) is 0 Å². The zero-order valence-electron chi connectivity index (χ0n) is 14.9. The third-order valence-electron chi connectivity index (χ3n) is 4.32. The molecule has 0 unspecified atom stereocenters. The molecule has 0 aliphatic rings. The number of nitrogens with one attached hydrogen (secondary N) is 1. The Morgan fingerprint density at radius 3 is 2.27 bits per heavy atom. The normalized spacial score (nSPS) is 12.8. The fourth-order valence-electron chi connectivity index (χ4n) is 2.76. The average molecular weight is 366 g/mol. The van der Waals surface area contributed by atoms with Gasteiger partial charge < -0.3 is 4.98 Å². The van der Waals surface area contributed by atoms with Crippen LogP contribution in [0.3, 0.4) is 0 Å². The van der Waals surface area contributed by atoms with Crippen LogP contribution in [0.15, 0.2) is 29.1 Å². The summed E-state index contributed by atoms with van der Waals surface area (Å²) in [5.74, 6) is -0.131. The van der Waals surface area contributed by atoms with Gasteiger partial charge in [0.05, 0.1) is 5.56 Å². The van der Waals surface area contributed by atoms with Gasteiger partial charge in [0.1, 0.15) is 11.5 Å². The number of nitrogens with zero attached hydrogens (tertiary/aromatic N) is 1. The van der Waals surface area contributed by atoms with E-state index in [0.717, 1.165) is 12.1 Å². The molecule has 1 N–H and O–H groups in total. The van der Waals surface area contributed by atoms with E-state index in [9.17, 15) is 22.8 Å². The topological polar surface area (TPSA) is 62.8 Å². The van der Waals surface area contributed by atoms with Crippen molar-refractivity contribution in [1.82, 2.24) is 9.97 Å². The molecule has 1 aromatic carbocycles. The lowest BCUT2D eigenvalue weighted by atomic mass is 9.93. The summed E-state index contributed by atoms with van der Waals surface area (Å²) in [5.41, 5.74) is 0.0883. The van der Waals surface area contributed by atoms with Crippen molar-refractivity contribution in [2.45, 2.75) is 52.1 Å². The Balaban J connectivity index is 2.24. The Kier molecular flexibility index (Phi) is 6.00. The molecule has 0 fully saturated rings. The molecule has 0 aliphatic heterocycles. The van der Waals surface area contributed by atoms with E-state index < -0.39 is 11.7 Å². The Morgan fingerprint density at radius 1 is 1.15 bits per heavy atom. The minimum absolute atomic E-state index is 0.0674. The zero-order chi connectivity index (χ0) is 19.5. The number of aromatic amines is 1. The van der Waals surface area contributed by atoms with Crippen LogP contribution in [0.25, 0.3) is 0 Å². The van der Waals surface area contributed by atoms with Gasteiger partial charge >= 0.3 is 6.18 Å². The maximum atomic E-state index is 12.7. The van der Waals surface area contributed by atoms with Crippen molar-refractivity contribution in [3.63, 3.8) is 0 Å². The number of H-pyrrole nitrogens is 1. The number of hydrogen-bond acceptors (Lipinski definition) is 3. The number of aryl methyl sites for hydroxylation is 1. The van der Waals surface area contributed by atoms with Crippen LogP contribution in [0.4, 0.5) is 13.2 Å². The standard InChI is InChI=1S/C19H21F3N2O2/c1-4-14-17(23-16(5-2)24-18(14)26)15(25)10-11(3)12-6-8-13(9-7-12)19(20,21)22/h6-9,11H,4-5,10H2,1-3H3,(H,23,24,26)/t11-/m0/s1. The van der Waals surface area contributed by atoms with E-state index in [-0.39, 0.29) is 29.4 Å². The summed E-state index contributed by atoms with van der Waals surface area (Å²) >= 11 is 0. The van der Waals surface area contributed by atoms with E-state index in [0.29, 0.717) is 29.8 Å². The van der Waals surface area contributed by atoms with E-state index in [2.05, 4.69) is 9.97 Å². The number of carbonyl (C=O) groups is 1. The van der Waals surface area contributed by atoms with E-state index >= 15 is 0 Å². The Hall–Kier alpha value is -2.44. The quantitative estimate of drug-likeness (QED) is 0.776. The van der Waals surface area contributed by atoms with Crippen LogP contribution >= 0.6 is 0 Å². The van der Waals surface area contributed by atoms with Crippen LogP contribution in [0.1, 0.15) is 66.1 Å². The second-order valence-corrected chi connectivity index (χ2v) is 6.20. The third-order valence-corrected chi connectivity index (χ3v) is 4.32. The van der Waals surface area contributed by atoms with Crippen molar-refractivity contribution in [1.29, 1.82) is 0 Å². The minimum atomic E-state index is -4.39. The molecule has 2 rings (SSSR count). The highest BCUT2D eigenvalue weighted by atomic mass is 19.4. The molecule has 0 radical (unpaired) electrons. The molecule has 26 heavy (non-hydrogen) atoms. The zero-order valence-corrected chi connectivity index (χ0v) is 14.9. The molecular formula is C19H21F3N2O2. The molecule has 0 amide bonds. The number of halogens is 3. The summed E-state index contributed by atoms with van der Waals surface area (Å²) in [6.45, 7) is 5.36. The lowest BCUT2D eigenvalue weighted by molar-refractivity contribution is -0.137. The van der Waals surface area contributed by atoms with E-state index in [1.165, 1.54) is 12.1 Å². The fourth-order valence-corrected chi connectivity index (χ4v) is 2.76. The maximum Gasteiger partial charge on any atom is 0.416 e. The molecule has 1 atom stereocenters. The second-order valence-electron chi connectivity index (χ2n) is 6.20. The number of aromatic nitrogens is 2. The van der Waals surface area contributed by atoms with Gasteiger partial charge in [0, 0.05) is 18.4 Å². The molecule has 1 heterocycles. The first-order valence-electron chi connectivity index (χ1n) is 8.49. The molecule has 2 aromatic rings. The van der Waals surface area contributed by atoms with Crippen molar-refractivity contribution in [2.24, 2.45) is 0 Å². The number of Topliss-reactive ketones (excluding diaryl/α,β-unsaturated/α-hetero) is 1. The SMILES string of the molecule is CCc1nc(C(=O)C[C@H](C)c2ccc(C(F)(F)F)cc2)c(CC)c(=O)[nH]1. The highest BCUT2D eigenvalue weighted by Crippen LogP contribution is 2.31. The first-order valence-corrected chi connectivity index (χ1v) is 8.49. The van der Waals surface area contributed by atoms with Gasteiger partial charge in [-0.25, -0.2) is 4.98 Å². The molecule has 0 spiro atoms. The van der Waals surface area contributed by atoms with Gasteiger partial charge in [0.2, 0.25) is 0 Å². The van der Waals surface area contributed by atoms with Gasteiger partial charge in [0.15, 0.2) is 5.78 Å². The van der Waals surface area contributed by atoms with Gasteiger partial charge in [-0.3, -0.25) is 9.59 Å². The van der Waals surface area contributed by atoms with Gasteiger partial charge in [-0.2, -0.15) is 13.2 Å². The minimum Gasteiger partial charge on any atom is -0.310 e. The summed E-state index contributed by atoms with van der Waals surface area (Å²) in [6.07, 6.45) is -3.45. The van der Waals surface area contributed by atoms with Gasteiger partial charge in [-0.1, -0.05) is 32.9 Å². The van der Waals surface area contributed by atoms with Crippen LogP contribution < -0.4 is 5.56 Å². The highest BCUT2D eigenvalue weighted by molar-refractivity contribution is 5.96. The Bertz CT molecular complexity index is 839. The summed E-state index contributed by atoms with van der Waals surface area (Å²) in [4.78, 5) is 31.7. The summed E-state index contributed by atoms with van der Waals surface area (Å²) < 4.78 is 37.9. The molecule has 0 aliphatic carbocycles. The Labute approximate surface area is 149 Å². The molecular weight excluding hydrogens is 345 g/mol. The van der Waals surface area contributed by atoms with Crippen LogP contribution in [0.5, 0.6) is 0 Å². The fraction of sp³-hybridized carbons (Fsp3) is 0.421. The molecule has 4 nitrogen and oxygen atoms in total. The van der Waals surface area contributed by atoms with Gasteiger partial charge in [-0.05, 0) is 30.0 Å². The number of alkyl halides is 3. The number of carbonyl (C=O) groups excluding carboxylic acids is 1. The maximum absolute atomic E-state index is 12.7.